The third-order valence-corrected chi connectivity index (χ3v) is 2.92. The van der Waals surface area contributed by atoms with Crippen molar-refractivity contribution in [1.29, 1.82) is 0 Å². The van der Waals surface area contributed by atoms with E-state index in [1.807, 2.05) is 0 Å². The number of carbonyl (C=O) groups excluding carboxylic acids is 1. The van der Waals surface area contributed by atoms with Gasteiger partial charge >= 0.3 is 6.18 Å². The number of likely N-dealkylation sites (N-methyl/N-ethyl adjacent to an activating group) is 1. The van der Waals surface area contributed by atoms with Crippen molar-refractivity contribution >= 4 is 5.91 Å². The molecule has 0 heterocycles. The van der Waals surface area contributed by atoms with Crippen molar-refractivity contribution in [1.82, 2.24) is 10.2 Å². The van der Waals surface area contributed by atoms with Crippen LogP contribution in [0.15, 0.2) is 18.2 Å². The standard InChI is InChI=1S/C13H15F5N2O/c1-8(12(21)19-7-13(16,17)18)20(2)6-9-3-4-10(14)11(15)5-9/h3-5,8H,6-7H2,1-2H3,(H,19,21)/t8-/m1/s1. The molecule has 8 heteroatoms. The number of rotatable bonds is 5. The van der Waals surface area contributed by atoms with Crippen LogP contribution >= 0.6 is 0 Å². The Kier molecular flexibility index (Phi) is 5.65. The molecule has 1 amide bonds. The summed E-state index contributed by atoms with van der Waals surface area (Å²) < 4.78 is 61.8. The molecule has 0 aliphatic rings. The molecule has 0 aliphatic carbocycles. The molecule has 1 atom stereocenters. The van der Waals surface area contributed by atoms with Crippen LogP contribution in [0.5, 0.6) is 0 Å². The van der Waals surface area contributed by atoms with E-state index in [9.17, 15) is 26.7 Å². The van der Waals surface area contributed by atoms with E-state index in [1.165, 1.54) is 24.9 Å². The van der Waals surface area contributed by atoms with Crippen LogP contribution in [0.1, 0.15) is 12.5 Å². The minimum absolute atomic E-state index is 0.0950. The normalized spacial score (nSPS) is 13.3. The second kappa shape index (κ2) is 6.84. The second-order valence-corrected chi connectivity index (χ2v) is 4.67. The highest BCUT2D eigenvalue weighted by Gasteiger charge is 2.29. The molecular weight excluding hydrogens is 295 g/mol. The molecular formula is C13H15F5N2O. The summed E-state index contributed by atoms with van der Waals surface area (Å²) in [6.07, 6.45) is -4.48. The number of hydrogen-bond donors (Lipinski definition) is 1. The summed E-state index contributed by atoms with van der Waals surface area (Å²) in [5.74, 6) is -2.80. The summed E-state index contributed by atoms with van der Waals surface area (Å²) in [7, 11) is 1.50. The van der Waals surface area contributed by atoms with Crippen molar-refractivity contribution in [3.05, 3.63) is 35.4 Å². The van der Waals surface area contributed by atoms with Crippen LogP contribution in [-0.4, -0.2) is 36.6 Å². The molecule has 1 aromatic rings. The first-order chi connectivity index (χ1) is 9.60. The number of nitrogens with zero attached hydrogens (tertiary/aromatic N) is 1. The van der Waals surface area contributed by atoms with Crippen LogP contribution in [0.3, 0.4) is 0 Å². The van der Waals surface area contributed by atoms with E-state index in [-0.39, 0.29) is 6.54 Å². The lowest BCUT2D eigenvalue weighted by atomic mass is 10.1. The molecule has 0 saturated carbocycles. The first-order valence-electron chi connectivity index (χ1n) is 6.09. The minimum Gasteiger partial charge on any atom is -0.346 e. The van der Waals surface area contributed by atoms with E-state index >= 15 is 0 Å². The van der Waals surface area contributed by atoms with Gasteiger partial charge in [-0.3, -0.25) is 9.69 Å². The second-order valence-electron chi connectivity index (χ2n) is 4.67. The van der Waals surface area contributed by atoms with Crippen LogP contribution in [0.25, 0.3) is 0 Å². The van der Waals surface area contributed by atoms with E-state index in [4.69, 9.17) is 0 Å². The van der Waals surface area contributed by atoms with Gasteiger partial charge in [-0.15, -0.1) is 0 Å². The third kappa shape index (κ3) is 5.66. The zero-order valence-electron chi connectivity index (χ0n) is 11.5. The Morgan fingerprint density at radius 1 is 1.29 bits per heavy atom. The Bertz CT molecular complexity index is 504. The summed E-state index contributed by atoms with van der Waals surface area (Å²) in [6.45, 7) is 0.110. The van der Waals surface area contributed by atoms with Crippen molar-refractivity contribution in [3.8, 4) is 0 Å². The van der Waals surface area contributed by atoms with Gasteiger partial charge in [-0.05, 0) is 31.7 Å². The van der Waals surface area contributed by atoms with Gasteiger partial charge in [0.1, 0.15) is 6.54 Å². The number of amides is 1. The molecule has 21 heavy (non-hydrogen) atoms. The van der Waals surface area contributed by atoms with Crippen LogP contribution in [0, 0.1) is 11.6 Å². The van der Waals surface area contributed by atoms with Gasteiger partial charge in [-0.25, -0.2) is 8.78 Å². The van der Waals surface area contributed by atoms with Crippen LogP contribution in [0.4, 0.5) is 22.0 Å². The fourth-order valence-corrected chi connectivity index (χ4v) is 1.60. The summed E-state index contributed by atoms with van der Waals surface area (Å²) >= 11 is 0. The van der Waals surface area contributed by atoms with Gasteiger partial charge in [0.2, 0.25) is 5.91 Å². The highest BCUT2D eigenvalue weighted by molar-refractivity contribution is 5.81. The Hall–Kier alpha value is -1.70. The van der Waals surface area contributed by atoms with Crippen molar-refractivity contribution in [2.45, 2.75) is 25.7 Å². The Morgan fingerprint density at radius 2 is 1.90 bits per heavy atom. The summed E-state index contributed by atoms with van der Waals surface area (Å²) in [5.41, 5.74) is 0.409. The van der Waals surface area contributed by atoms with Crippen molar-refractivity contribution < 1.29 is 26.7 Å². The quantitative estimate of drug-likeness (QED) is 0.847. The van der Waals surface area contributed by atoms with Crippen LogP contribution in [-0.2, 0) is 11.3 Å². The first-order valence-corrected chi connectivity index (χ1v) is 6.09. The molecule has 0 spiro atoms. The molecule has 0 aliphatic heterocycles. The largest absolute Gasteiger partial charge is 0.405 e. The number of benzene rings is 1. The number of nitrogens with one attached hydrogen (secondary N) is 1. The average Bonchev–Trinajstić information content (AvgIpc) is 2.38. The minimum atomic E-state index is -4.48. The molecule has 1 aromatic carbocycles. The number of halogens is 5. The fraction of sp³-hybridized carbons (Fsp3) is 0.462. The molecule has 0 fully saturated rings. The van der Waals surface area contributed by atoms with Crippen LogP contribution < -0.4 is 5.32 Å². The van der Waals surface area contributed by atoms with Crippen molar-refractivity contribution in [3.63, 3.8) is 0 Å². The summed E-state index contributed by atoms with van der Waals surface area (Å²) in [6, 6.07) is 2.43. The van der Waals surface area contributed by atoms with E-state index in [2.05, 4.69) is 0 Å². The van der Waals surface area contributed by atoms with Gasteiger partial charge in [0.05, 0.1) is 6.04 Å². The van der Waals surface area contributed by atoms with Gasteiger partial charge in [-0.1, -0.05) is 6.07 Å². The van der Waals surface area contributed by atoms with Gasteiger partial charge < -0.3 is 5.32 Å². The molecule has 0 aromatic heterocycles. The molecule has 1 rings (SSSR count). The number of alkyl halides is 3. The number of hydrogen-bond acceptors (Lipinski definition) is 2. The van der Waals surface area contributed by atoms with Gasteiger partial charge in [-0.2, -0.15) is 13.2 Å². The maximum Gasteiger partial charge on any atom is 0.405 e. The topological polar surface area (TPSA) is 32.3 Å². The summed E-state index contributed by atoms with van der Waals surface area (Å²) in [5, 5.41) is 1.77. The van der Waals surface area contributed by atoms with Gasteiger partial charge in [0.15, 0.2) is 11.6 Å². The average molecular weight is 310 g/mol. The van der Waals surface area contributed by atoms with E-state index in [0.29, 0.717) is 5.56 Å². The van der Waals surface area contributed by atoms with Gasteiger partial charge in [0.25, 0.3) is 0 Å². The maximum atomic E-state index is 13.0. The van der Waals surface area contributed by atoms with E-state index in [1.54, 1.807) is 5.32 Å². The lowest BCUT2D eigenvalue weighted by Crippen LogP contribution is -2.45. The van der Waals surface area contributed by atoms with Crippen molar-refractivity contribution in [2.75, 3.05) is 13.6 Å². The van der Waals surface area contributed by atoms with Gasteiger partial charge in [0, 0.05) is 6.54 Å². The molecule has 0 bridgehead atoms. The van der Waals surface area contributed by atoms with Crippen LogP contribution in [0.2, 0.25) is 0 Å². The molecule has 0 unspecified atom stereocenters. The highest BCUT2D eigenvalue weighted by atomic mass is 19.4. The third-order valence-electron chi connectivity index (χ3n) is 2.92. The lowest BCUT2D eigenvalue weighted by molar-refractivity contribution is -0.141. The number of carbonyl (C=O) groups is 1. The summed E-state index contributed by atoms with van der Waals surface area (Å²) in [4.78, 5) is 13.0. The fourth-order valence-electron chi connectivity index (χ4n) is 1.60. The smallest absolute Gasteiger partial charge is 0.346 e. The monoisotopic (exact) mass is 310 g/mol. The Labute approximate surface area is 118 Å². The molecule has 0 saturated heterocycles. The maximum absolute atomic E-state index is 13.0. The van der Waals surface area contributed by atoms with E-state index in [0.717, 1.165) is 12.1 Å². The predicted molar refractivity (Wildman–Crippen MR) is 66.4 cm³/mol. The highest BCUT2D eigenvalue weighted by Crippen LogP contribution is 2.14. The van der Waals surface area contributed by atoms with Crippen molar-refractivity contribution in [2.24, 2.45) is 0 Å². The van der Waals surface area contributed by atoms with E-state index < -0.39 is 36.3 Å². The first kappa shape index (κ1) is 17.4. The molecule has 3 nitrogen and oxygen atoms in total. The lowest BCUT2D eigenvalue weighted by Gasteiger charge is -2.24. The SMILES string of the molecule is C[C@H](C(=O)NCC(F)(F)F)N(C)Cc1ccc(F)c(F)c1. The molecule has 1 N–H and O–H groups in total. The Balaban J connectivity index is 2.59. The molecule has 118 valence electrons. The molecule has 0 radical (unpaired) electrons. The Morgan fingerprint density at radius 3 is 2.43 bits per heavy atom. The zero-order chi connectivity index (χ0) is 16.2. The predicted octanol–water partition coefficient (Wildman–Crippen LogP) is 2.46. The zero-order valence-corrected chi connectivity index (χ0v) is 11.5.